The smallest absolute Gasteiger partial charge is 0.272 e. The molecule has 10 nitrogen and oxygen atoms in total. The van der Waals surface area contributed by atoms with E-state index in [1.165, 1.54) is 17.0 Å². The van der Waals surface area contributed by atoms with Gasteiger partial charge in [-0.15, -0.1) is 0 Å². The standard InChI is InChI=1S/C22H20FN5O5S/c23-13-3-1-12(2-4-13)10-26-17(29)11-28(14-5-6-15-16(9-14)33-8-7-32-15)22(31)20-18(24)19(21(25)30)27-34-20/h1-6,9H,7-8,10-11,24H2,(H2,25,30)(H,26,29). The predicted octanol–water partition coefficient (Wildman–Crippen LogP) is 1.70. The number of nitrogens with zero attached hydrogens (tertiary/aromatic N) is 2. The number of ether oxygens (including phenoxy) is 2. The summed E-state index contributed by atoms with van der Waals surface area (Å²) < 4.78 is 28.1. The topological polar surface area (TPSA) is 150 Å². The van der Waals surface area contributed by atoms with Crippen LogP contribution in [0.2, 0.25) is 0 Å². The molecule has 2 heterocycles. The number of anilines is 2. The average Bonchev–Trinajstić information content (AvgIpc) is 3.23. The van der Waals surface area contributed by atoms with Crippen molar-refractivity contribution in [2.75, 3.05) is 30.4 Å². The molecule has 0 atom stereocenters. The van der Waals surface area contributed by atoms with Crippen LogP contribution in [-0.4, -0.2) is 41.9 Å². The van der Waals surface area contributed by atoms with Crippen LogP contribution >= 0.6 is 11.5 Å². The molecule has 12 heteroatoms. The Hall–Kier alpha value is -4.19. The number of benzene rings is 2. The Bertz CT molecular complexity index is 1250. The molecule has 1 aromatic heterocycles. The first-order chi connectivity index (χ1) is 16.3. The molecular weight excluding hydrogens is 465 g/mol. The number of aromatic nitrogens is 1. The molecule has 0 saturated carbocycles. The highest BCUT2D eigenvalue weighted by Gasteiger charge is 2.28. The van der Waals surface area contributed by atoms with Gasteiger partial charge in [0.25, 0.3) is 11.8 Å². The van der Waals surface area contributed by atoms with Gasteiger partial charge < -0.3 is 26.3 Å². The third kappa shape index (κ3) is 4.91. The number of nitrogens with two attached hydrogens (primary N) is 2. The van der Waals surface area contributed by atoms with Crippen molar-refractivity contribution in [1.29, 1.82) is 0 Å². The quantitative estimate of drug-likeness (QED) is 0.461. The van der Waals surface area contributed by atoms with E-state index in [4.69, 9.17) is 20.9 Å². The molecule has 5 N–H and O–H groups in total. The number of primary amides is 1. The first kappa shape index (κ1) is 23.0. The maximum atomic E-state index is 13.4. The minimum absolute atomic E-state index is 0.0324. The molecule has 34 heavy (non-hydrogen) atoms. The molecule has 0 fully saturated rings. The second kappa shape index (κ2) is 9.75. The normalized spacial score (nSPS) is 12.1. The predicted molar refractivity (Wildman–Crippen MR) is 122 cm³/mol. The Balaban J connectivity index is 1.59. The second-order valence-corrected chi connectivity index (χ2v) is 8.03. The summed E-state index contributed by atoms with van der Waals surface area (Å²) >= 11 is 0.713. The molecule has 3 aromatic rings. The van der Waals surface area contributed by atoms with E-state index in [9.17, 15) is 18.8 Å². The van der Waals surface area contributed by atoms with E-state index in [1.807, 2.05) is 0 Å². The number of fused-ring (bicyclic) bond motifs is 1. The minimum Gasteiger partial charge on any atom is -0.486 e. The fourth-order valence-electron chi connectivity index (χ4n) is 3.23. The number of hydrogen-bond acceptors (Lipinski definition) is 8. The fourth-order valence-corrected chi connectivity index (χ4v) is 3.99. The van der Waals surface area contributed by atoms with Crippen LogP contribution in [0.1, 0.15) is 25.7 Å². The Morgan fingerprint density at radius 3 is 2.47 bits per heavy atom. The summed E-state index contributed by atoms with van der Waals surface area (Å²) in [5.41, 5.74) is 11.9. The van der Waals surface area contributed by atoms with E-state index in [0.717, 1.165) is 0 Å². The minimum atomic E-state index is -0.865. The summed E-state index contributed by atoms with van der Waals surface area (Å²) in [6.07, 6.45) is 0. The van der Waals surface area contributed by atoms with Crippen molar-refractivity contribution in [3.05, 3.63) is 64.4 Å². The van der Waals surface area contributed by atoms with Crippen molar-refractivity contribution in [1.82, 2.24) is 9.69 Å². The Kier molecular flexibility index (Phi) is 6.59. The van der Waals surface area contributed by atoms with Gasteiger partial charge in [-0.25, -0.2) is 4.39 Å². The molecule has 0 bridgehead atoms. The maximum absolute atomic E-state index is 13.4. The molecule has 0 aliphatic carbocycles. The van der Waals surface area contributed by atoms with Gasteiger partial charge in [0.15, 0.2) is 17.2 Å². The van der Waals surface area contributed by atoms with Crippen molar-refractivity contribution >= 4 is 40.6 Å². The van der Waals surface area contributed by atoms with E-state index >= 15 is 0 Å². The highest BCUT2D eigenvalue weighted by atomic mass is 32.1. The summed E-state index contributed by atoms with van der Waals surface area (Å²) in [6.45, 7) is 0.500. The molecule has 0 radical (unpaired) electrons. The van der Waals surface area contributed by atoms with Gasteiger partial charge in [0.05, 0.1) is 5.69 Å². The van der Waals surface area contributed by atoms with Crippen LogP contribution in [0.3, 0.4) is 0 Å². The van der Waals surface area contributed by atoms with Crippen molar-refractivity contribution < 1.29 is 28.2 Å². The molecule has 0 spiro atoms. The van der Waals surface area contributed by atoms with Crippen LogP contribution in [0.15, 0.2) is 42.5 Å². The molecule has 176 valence electrons. The first-order valence-electron chi connectivity index (χ1n) is 10.1. The fraction of sp³-hybridized carbons (Fsp3) is 0.182. The van der Waals surface area contributed by atoms with E-state index in [2.05, 4.69) is 9.69 Å². The van der Waals surface area contributed by atoms with E-state index in [-0.39, 0.29) is 35.2 Å². The SMILES string of the molecule is NC(=O)c1nsc(C(=O)N(CC(=O)NCc2ccc(F)cc2)c2ccc3c(c2)OCCO3)c1N. The zero-order valence-electron chi connectivity index (χ0n) is 17.7. The van der Waals surface area contributed by atoms with Crippen molar-refractivity contribution in [3.63, 3.8) is 0 Å². The molecule has 1 aliphatic rings. The Morgan fingerprint density at radius 1 is 1.09 bits per heavy atom. The molecule has 1 aliphatic heterocycles. The number of carbonyl (C=O) groups is 3. The zero-order chi connectivity index (χ0) is 24.2. The number of halogens is 1. The lowest BCUT2D eigenvalue weighted by atomic mass is 10.2. The lowest BCUT2D eigenvalue weighted by Gasteiger charge is -2.25. The number of rotatable bonds is 7. The second-order valence-electron chi connectivity index (χ2n) is 7.26. The van der Waals surface area contributed by atoms with Gasteiger partial charge in [-0.05, 0) is 41.4 Å². The summed E-state index contributed by atoms with van der Waals surface area (Å²) in [6, 6.07) is 10.5. The number of amides is 3. The number of carbonyl (C=O) groups excluding carboxylic acids is 3. The van der Waals surface area contributed by atoms with Gasteiger partial charge in [-0.3, -0.25) is 19.3 Å². The molecule has 0 unspecified atom stereocenters. The third-order valence-corrected chi connectivity index (χ3v) is 5.79. The van der Waals surface area contributed by atoms with Gasteiger partial charge in [0, 0.05) is 18.3 Å². The largest absolute Gasteiger partial charge is 0.486 e. The summed E-state index contributed by atoms with van der Waals surface area (Å²) in [5.74, 6) is -1.44. The number of nitrogens with one attached hydrogen (secondary N) is 1. The van der Waals surface area contributed by atoms with Crippen LogP contribution in [-0.2, 0) is 11.3 Å². The summed E-state index contributed by atoms with van der Waals surface area (Å²) in [5, 5.41) is 2.70. The molecule has 2 aromatic carbocycles. The zero-order valence-corrected chi connectivity index (χ0v) is 18.6. The molecule has 0 saturated heterocycles. The van der Waals surface area contributed by atoms with Crippen LogP contribution < -0.4 is 31.2 Å². The Morgan fingerprint density at radius 2 is 1.79 bits per heavy atom. The van der Waals surface area contributed by atoms with E-state index in [1.54, 1.807) is 30.3 Å². The molecule has 3 amide bonds. The molecular formula is C22H20FN5O5S. The number of hydrogen-bond donors (Lipinski definition) is 3. The van der Waals surface area contributed by atoms with Gasteiger partial charge in [-0.2, -0.15) is 4.37 Å². The van der Waals surface area contributed by atoms with E-state index in [0.29, 0.717) is 47.5 Å². The van der Waals surface area contributed by atoms with Crippen molar-refractivity contribution in [2.45, 2.75) is 6.54 Å². The van der Waals surface area contributed by atoms with Crippen LogP contribution in [0, 0.1) is 5.82 Å². The van der Waals surface area contributed by atoms with Crippen LogP contribution in [0.5, 0.6) is 11.5 Å². The van der Waals surface area contributed by atoms with Gasteiger partial charge in [-0.1, -0.05) is 12.1 Å². The van der Waals surface area contributed by atoms with Crippen LogP contribution in [0.4, 0.5) is 15.8 Å². The average molecular weight is 485 g/mol. The highest BCUT2D eigenvalue weighted by molar-refractivity contribution is 7.09. The summed E-state index contributed by atoms with van der Waals surface area (Å²) in [7, 11) is 0. The van der Waals surface area contributed by atoms with Crippen molar-refractivity contribution in [3.8, 4) is 11.5 Å². The van der Waals surface area contributed by atoms with E-state index < -0.39 is 17.7 Å². The molecule has 4 rings (SSSR count). The van der Waals surface area contributed by atoms with Gasteiger partial charge >= 0.3 is 0 Å². The lowest BCUT2D eigenvalue weighted by Crippen LogP contribution is -2.40. The first-order valence-corrected chi connectivity index (χ1v) is 10.9. The maximum Gasteiger partial charge on any atom is 0.272 e. The monoisotopic (exact) mass is 485 g/mol. The third-order valence-electron chi connectivity index (χ3n) is 4.94. The number of nitrogen functional groups attached to an aromatic ring is 1. The van der Waals surface area contributed by atoms with Gasteiger partial charge in [0.1, 0.15) is 30.5 Å². The lowest BCUT2D eigenvalue weighted by molar-refractivity contribution is -0.119. The van der Waals surface area contributed by atoms with Crippen molar-refractivity contribution in [2.24, 2.45) is 5.73 Å². The van der Waals surface area contributed by atoms with Gasteiger partial charge in [0.2, 0.25) is 5.91 Å². The Labute approximate surface area is 197 Å². The van der Waals surface area contributed by atoms with Crippen LogP contribution in [0.25, 0.3) is 0 Å². The highest BCUT2D eigenvalue weighted by Crippen LogP contribution is 2.35. The summed E-state index contributed by atoms with van der Waals surface area (Å²) in [4.78, 5) is 38.8.